The van der Waals surface area contributed by atoms with Crippen molar-refractivity contribution in [3.05, 3.63) is 36.3 Å². The van der Waals surface area contributed by atoms with E-state index in [1.54, 1.807) is 6.20 Å². The van der Waals surface area contributed by atoms with Crippen LogP contribution >= 0.6 is 0 Å². The van der Waals surface area contributed by atoms with Crippen molar-refractivity contribution in [3.8, 4) is 0 Å². The average Bonchev–Trinajstić information content (AvgIpc) is 2.75. The highest BCUT2D eigenvalue weighted by Crippen LogP contribution is 2.06. The molecule has 0 spiro atoms. The Morgan fingerprint density at radius 1 is 1.50 bits per heavy atom. The molecule has 86 valence electrons. The van der Waals surface area contributed by atoms with Gasteiger partial charge in [0.15, 0.2) is 0 Å². The molecular formula is C12H17N3O. The topological polar surface area (TPSA) is 49.6 Å². The molecule has 2 heterocycles. The van der Waals surface area contributed by atoms with Gasteiger partial charge in [0.1, 0.15) is 5.65 Å². The van der Waals surface area contributed by atoms with Crippen LogP contribution in [0.25, 0.3) is 5.65 Å². The molecule has 0 amide bonds. The van der Waals surface area contributed by atoms with Crippen LogP contribution < -0.4 is 5.32 Å². The second kappa shape index (κ2) is 5.09. The van der Waals surface area contributed by atoms with E-state index in [1.807, 2.05) is 18.3 Å². The van der Waals surface area contributed by atoms with Crippen LogP contribution in [0.1, 0.15) is 19.0 Å². The van der Waals surface area contributed by atoms with Gasteiger partial charge < -0.3 is 14.8 Å². The molecule has 2 rings (SSSR count). The number of aliphatic hydroxyl groups excluding tert-OH is 1. The fourth-order valence-corrected chi connectivity index (χ4v) is 1.73. The molecule has 0 saturated carbocycles. The Hall–Kier alpha value is -1.39. The van der Waals surface area contributed by atoms with Crippen molar-refractivity contribution in [2.24, 2.45) is 0 Å². The molecule has 4 heteroatoms. The highest BCUT2D eigenvalue weighted by atomic mass is 16.3. The molecule has 16 heavy (non-hydrogen) atoms. The molecule has 0 fully saturated rings. The minimum atomic E-state index is 0.226. The van der Waals surface area contributed by atoms with Crippen LogP contribution in [0.2, 0.25) is 0 Å². The van der Waals surface area contributed by atoms with Gasteiger partial charge in [-0.25, -0.2) is 4.98 Å². The Bertz CT molecular complexity index is 452. The molecule has 0 radical (unpaired) electrons. The molecular weight excluding hydrogens is 202 g/mol. The zero-order valence-corrected chi connectivity index (χ0v) is 9.43. The summed E-state index contributed by atoms with van der Waals surface area (Å²) in [5, 5.41) is 12.2. The van der Waals surface area contributed by atoms with Gasteiger partial charge in [-0.1, -0.05) is 6.07 Å². The quantitative estimate of drug-likeness (QED) is 0.794. The number of nitrogens with one attached hydrogen (secondary N) is 1. The maximum Gasteiger partial charge on any atom is 0.136 e. The van der Waals surface area contributed by atoms with E-state index in [2.05, 4.69) is 27.7 Å². The number of fused-ring (bicyclic) bond motifs is 1. The van der Waals surface area contributed by atoms with Gasteiger partial charge in [0.2, 0.25) is 0 Å². The normalized spacial score (nSPS) is 13.1. The number of hydrogen-bond donors (Lipinski definition) is 2. The van der Waals surface area contributed by atoms with Crippen molar-refractivity contribution in [2.75, 3.05) is 6.61 Å². The lowest BCUT2D eigenvalue weighted by Crippen LogP contribution is -2.27. The number of aliphatic hydroxyl groups is 1. The molecule has 0 bridgehead atoms. The summed E-state index contributed by atoms with van der Waals surface area (Å²) in [6.45, 7) is 3.09. The zero-order chi connectivity index (χ0) is 11.4. The highest BCUT2D eigenvalue weighted by molar-refractivity contribution is 5.39. The van der Waals surface area contributed by atoms with Crippen molar-refractivity contribution in [1.82, 2.24) is 14.7 Å². The molecule has 0 aliphatic heterocycles. The number of rotatable bonds is 5. The van der Waals surface area contributed by atoms with Crippen LogP contribution in [0, 0.1) is 0 Å². The van der Waals surface area contributed by atoms with Gasteiger partial charge in [0, 0.05) is 37.3 Å². The minimum Gasteiger partial charge on any atom is -0.396 e. The largest absolute Gasteiger partial charge is 0.396 e. The van der Waals surface area contributed by atoms with Gasteiger partial charge in [-0.05, 0) is 25.5 Å². The summed E-state index contributed by atoms with van der Waals surface area (Å²) in [5.74, 6) is 0. The summed E-state index contributed by atoms with van der Waals surface area (Å²) in [4.78, 5) is 4.24. The first-order valence-corrected chi connectivity index (χ1v) is 5.56. The van der Waals surface area contributed by atoms with E-state index >= 15 is 0 Å². The third-order valence-electron chi connectivity index (χ3n) is 2.71. The van der Waals surface area contributed by atoms with Crippen molar-refractivity contribution in [3.63, 3.8) is 0 Å². The van der Waals surface area contributed by atoms with E-state index in [4.69, 9.17) is 5.11 Å². The number of nitrogens with zero attached hydrogens (tertiary/aromatic N) is 2. The number of hydrogen-bond acceptors (Lipinski definition) is 3. The summed E-state index contributed by atoms with van der Waals surface area (Å²) < 4.78 is 2.07. The van der Waals surface area contributed by atoms with Gasteiger partial charge in [-0.3, -0.25) is 0 Å². The molecule has 2 aromatic heterocycles. The number of pyridine rings is 1. The molecule has 1 unspecified atom stereocenters. The first kappa shape index (κ1) is 11.1. The van der Waals surface area contributed by atoms with Crippen LogP contribution in [0.5, 0.6) is 0 Å². The third-order valence-corrected chi connectivity index (χ3v) is 2.71. The smallest absolute Gasteiger partial charge is 0.136 e. The maximum atomic E-state index is 8.82. The van der Waals surface area contributed by atoms with Crippen LogP contribution in [-0.2, 0) is 6.54 Å². The van der Waals surface area contributed by atoms with E-state index in [9.17, 15) is 0 Å². The van der Waals surface area contributed by atoms with Crippen LogP contribution in [-0.4, -0.2) is 27.1 Å². The molecule has 4 nitrogen and oxygen atoms in total. The Balaban J connectivity index is 2.06. The van der Waals surface area contributed by atoms with E-state index in [1.165, 1.54) is 5.69 Å². The number of aromatic nitrogens is 2. The molecule has 0 saturated heterocycles. The predicted molar refractivity (Wildman–Crippen MR) is 63.2 cm³/mol. The lowest BCUT2D eigenvalue weighted by molar-refractivity contribution is 0.268. The van der Waals surface area contributed by atoms with Crippen LogP contribution in [0.4, 0.5) is 0 Å². The maximum absolute atomic E-state index is 8.82. The Morgan fingerprint density at radius 2 is 2.38 bits per heavy atom. The summed E-state index contributed by atoms with van der Waals surface area (Å²) in [6, 6.07) is 6.40. The molecule has 0 aromatic carbocycles. The predicted octanol–water partition coefficient (Wildman–Crippen LogP) is 1.19. The summed E-state index contributed by atoms with van der Waals surface area (Å²) in [7, 11) is 0. The summed E-state index contributed by atoms with van der Waals surface area (Å²) in [5.41, 5.74) is 2.15. The standard InChI is InChI=1S/C12H17N3O/c1-10(5-8-16)14-9-11-3-2-4-12-13-6-7-15(11)12/h2-4,6-7,10,14,16H,5,8-9H2,1H3. The van der Waals surface area contributed by atoms with Gasteiger partial charge in [-0.15, -0.1) is 0 Å². The van der Waals surface area contributed by atoms with Gasteiger partial charge in [-0.2, -0.15) is 0 Å². The first-order valence-electron chi connectivity index (χ1n) is 5.56. The van der Waals surface area contributed by atoms with Gasteiger partial charge >= 0.3 is 0 Å². The molecule has 2 aromatic rings. The SMILES string of the molecule is CC(CCO)NCc1cccc2nccn12. The molecule has 1 atom stereocenters. The van der Waals surface area contributed by atoms with Crippen molar-refractivity contribution >= 4 is 5.65 Å². The average molecular weight is 219 g/mol. The molecule has 0 aliphatic carbocycles. The Kier molecular flexibility index (Phi) is 3.54. The van der Waals surface area contributed by atoms with Crippen molar-refractivity contribution in [2.45, 2.75) is 25.9 Å². The Morgan fingerprint density at radius 3 is 3.19 bits per heavy atom. The summed E-state index contributed by atoms with van der Waals surface area (Å²) >= 11 is 0. The Labute approximate surface area is 94.9 Å². The fourth-order valence-electron chi connectivity index (χ4n) is 1.73. The number of imidazole rings is 1. The van der Waals surface area contributed by atoms with E-state index in [-0.39, 0.29) is 6.61 Å². The fraction of sp³-hybridized carbons (Fsp3) is 0.417. The molecule has 2 N–H and O–H groups in total. The zero-order valence-electron chi connectivity index (χ0n) is 9.43. The third kappa shape index (κ3) is 2.40. The van der Waals surface area contributed by atoms with Crippen molar-refractivity contribution < 1.29 is 5.11 Å². The van der Waals surface area contributed by atoms with E-state index in [0.29, 0.717) is 6.04 Å². The lowest BCUT2D eigenvalue weighted by Gasteiger charge is -2.13. The highest BCUT2D eigenvalue weighted by Gasteiger charge is 2.03. The second-order valence-electron chi connectivity index (χ2n) is 3.97. The summed E-state index contributed by atoms with van der Waals surface area (Å²) in [6.07, 6.45) is 4.54. The molecule has 0 aliphatic rings. The van der Waals surface area contributed by atoms with Crippen LogP contribution in [0.3, 0.4) is 0 Å². The van der Waals surface area contributed by atoms with Gasteiger partial charge in [0.05, 0.1) is 0 Å². The second-order valence-corrected chi connectivity index (χ2v) is 3.97. The van der Waals surface area contributed by atoms with Crippen molar-refractivity contribution in [1.29, 1.82) is 0 Å². The minimum absolute atomic E-state index is 0.226. The van der Waals surface area contributed by atoms with E-state index < -0.39 is 0 Å². The lowest BCUT2D eigenvalue weighted by atomic mass is 10.2. The van der Waals surface area contributed by atoms with E-state index in [0.717, 1.165) is 18.6 Å². The van der Waals surface area contributed by atoms with Crippen LogP contribution in [0.15, 0.2) is 30.6 Å². The first-order chi connectivity index (χ1) is 7.81. The monoisotopic (exact) mass is 219 g/mol. The van der Waals surface area contributed by atoms with Gasteiger partial charge in [0.25, 0.3) is 0 Å².